The van der Waals surface area contributed by atoms with Crippen LogP contribution in [0, 0.1) is 5.92 Å². The molecule has 0 radical (unpaired) electrons. The number of carbonyl (C=O) groups is 3. The molecule has 7 N–H and O–H groups in total. The molecular weight excluding hydrogens is 634 g/mol. The highest BCUT2D eigenvalue weighted by atomic mass is 16.6. The lowest BCUT2D eigenvalue weighted by atomic mass is 9.82. The fourth-order valence-electron chi connectivity index (χ4n) is 6.10. The highest BCUT2D eigenvalue weighted by Crippen LogP contribution is 2.47. The minimum absolute atomic E-state index is 0.0474. The Balaban J connectivity index is 1.39. The van der Waals surface area contributed by atoms with Crippen molar-refractivity contribution in [2.24, 2.45) is 5.92 Å². The van der Waals surface area contributed by atoms with E-state index in [1.807, 2.05) is 60.7 Å². The first-order valence-corrected chi connectivity index (χ1v) is 16.0. The molecule has 0 bridgehead atoms. The predicted molar refractivity (Wildman–Crippen MR) is 177 cm³/mol. The number of hydrogen-bond acceptors (Lipinski definition) is 10. The number of nitrogens with one attached hydrogen (secondary N) is 1. The van der Waals surface area contributed by atoms with Crippen molar-refractivity contribution in [3.05, 3.63) is 108 Å². The number of anilines is 2. The fraction of sp³-hybridized carbons (Fsp3) is 0.361. The van der Waals surface area contributed by atoms with E-state index in [1.54, 1.807) is 25.1 Å². The lowest BCUT2D eigenvalue weighted by molar-refractivity contribution is -0.274. The molecular formula is C36H41N3O10. The van der Waals surface area contributed by atoms with Gasteiger partial charge in [0.25, 0.3) is 11.8 Å². The van der Waals surface area contributed by atoms with Gasteiger partial charge in [-0.15, -0.1) is 0 Å². The molecule has 1 saturated heterocycles. The number of ether oxygens (including phenoxy) is 1. The SMILES string of the molecule is C[C@H](/C=C/CC(=O)N(CCO)Cc1ccccc1)[C@@]1(O)C(=O)N(Cc2ccccc2)c2ccc(NC(=O)[C@H]3O[C@@H](O)[C@H](O)[C@@H](O)[C@@H]3O)cc21. The summed E-state index contributed by atoms with van der Waals surface area (Å²) in [5.74, 6) is -2.66. The van der Waals surface area contributed by atoms with Gasteiger partial charge >= 0.3 is 0 Å². The number of aliphatic hydroxyl groups excluding tert-OH is 5. The van der Waals surface area contributed by atoms with E-state index < -0.39 is 54.0 Å². The molecule has 0 spiro atoms. The van der Waals surface area contributed by atoms with Gasteiger partial charge in [0.05, 0.1) is 18.8 Å². The van der Waals surface area contributed by atoms with E-state index >= 15 is 0 Å². The summed E-state index contributed by atoms with van der Waals surface area (Å²) in [6, 6.07) is 23.0. The van der Waals surface area contributed by atoms with Crippen molar-refractivity contribution in [1.29, 1.82) is 0 Å². The molecule has 0 aliphatic carbocycles. The summed E-state index contributed by atoms with van der Waals surface area (Å²) in [4.78, 5) is 43.2. The number of amides is 3. The Kier molecular flexibility index (Phi) is 11.3. The maximum absolute atomic E-state index is 14.1. The zero-order chi connectivity index (χ0) is 35.3. The van der Waals surface area contributed by atoms with Crippen molar-refractivity contribution < 1.29 is 49.8 Å². The second-order valence-electron chi connectivity index (χ2n) is 12.2. The van der Waals surface area contributed by atoms with E-state index in [9.17, 15) is 45.0 Å². The third-order valence-corrected chi connectivity index (χ3v) is 8.88. The molecule has 1 fully saturated rings. The molecule has 260 valence electrons. The summed E-state index contributed by atoms with van der Waals surface area (Å²) in [7, 11) is 0. The first kappa shape index (κ1) is 35.8. The van der Waals surface area contributed by atoms with Gasteiger partial charge in [0.15, 0.2) is 18.0 Å². The van der Waals surface area contributed by atoms with Crippen molar-refractivity contribution in [3.8, 4) is 0 Å². The third kappa shape index (κ3) is 7.58. The van der Waals surface area contributed by atoms with Gasteiger partial charge in [0.1, 0.15) is 18.3 Å². The number of benzene rings is 3. The van der Waals surface area contributed by atoms with Gasteiger partial charge in [-0.3, -0.25) is 14.4 Å². The van der Waals surface area contributed by atoms with Gasteiger partial charge in [-0.05, 0) is 29.3 Å². The summed E-state index contributed by atoms with van der Waals surface area (Å²) in [5.41, 5.74) is 0.292. The van der Waals surface area contributed by atoms with Crippen LogP contribution in [0.5, 0.6) is 0 Å². The van der Waals surface area contributed by atoms with Crippen LogP contribution in [-0.4, -0.2) is 97.1 Å². The van der Waals surface area contributed by atoms with Crippen LogP contribution in [0.3, 0.4) is 0 Å². The number of rotatable bonds is 12. The van der Waals surface area contributed by atoms with Gasteiger partial charge < -0.3 is 50.5 Å². The zero-order valence-electron chi connectivity index (χ0n) is 26.9. The predicted octanol–water partition coefficient (Wildman–Crippen LogP) is 0.763. The largest absolute Gasteiger partial charge is 0.395 e. The number of fused-ring (bicyclic) bond motifs is 1. The monoisotopic (exact) mass is 675 g/mol. The van der Waals surface area contributed by atoms with E-state index in [0.717, 1.165) is 11.1 Å². The number of nitrogens with zero attached hydrogens (tertiary/aromatic N) is 2. The van der Waals surface area contributed by atoms with Crippen LogP contribution in [0.25, 0.3) is 0 Å². The number of carbonyl (C=O) groups excluding carboxylic acids is 3. The van der Waals surface area contributed by atoms with Crippen molar-refractivity contribution in [2.45, 2.75) is 62.7 Å². The minimum atomic E-state index is -2.11. The average Bonchev–Trinajstić information content (AvgIpc) is 3.31. The van der Waals surface area contributed by atoms with Gasteiger partial charge in [-0.1, -0.05) is 79.7 Å². The summed E-state index contributed by atoms with van der Waals surface area (Å²) in [6.07, 6.45) is -6.05. The van der Waals surface area contributed by atoms with E-state index in [1.165, 1.54) is 21.9 Å². The lowest BCUT2D eigenvalue weighted by Crippen LogP contribution is -2.60. The minimum Gasteiger partial charge on any atom is -0.395 e. The van der Waals surface area contributed by atoms with Crippen LogP contribution in [0.2, 0.25) is 0 Å². The molecule has 0 unspecified atom stereocenters. The van der Waals surface area contributed by atoms with E-state index in [-0.39, 0.29) is 43.3 Å². The Morgan fingerprint density at radius 3 is 2.27 bits per heavy atom. The van der Waals surface area contributed by atoms with Crippen LogP contribution >= 0.6 is 0 Å². The molecule has 2 heterocycles. The first-order valence-electron chi connectivity index (χ1n) is 16.0. The van der Waals surface area contributed by atoms with Crippen LogP contribution < -0.4 is 10.2 Å². The van der Waals surface area contributed by atoms with Gasteiger partial charge in [-0.25, -0.2) is 0 Å². The van der Waals surface area contributed by atoms with Crippen LogP contribution in [0.4, 0.5) is 11.4 Å². The molecule has 3 amide bonds. The molecule has 7 atom stereocenters. The smallest absolute Gasteiger partial charge is 0.264 e. The van der Waals surface area contributed by atoms with E-state index in [4.69, 9.17) is 4.74 Å². The Bertz CT molecular complexity index is 1660. The zero-order valence-corrected chi connectivity index (χ0v) is 26.9. The van der Waals surface area contributed by atoms with Crippen molar-refractivity contribution in [3.63, 3.8) is 0 Å². The molecule has 13 heteroatoms. The maximum Gasteiger partial charge on any atom is 0.264 e. The van der Waals surface area contributed by atoms with Gasteiger partial charge in [-0.2, -0.15) is 0 Å². The Hall–Kier alpha value is -4.47. The Morgan fingerprint density at radius 2 is 1.61 bits per heavy atom. The molecule has 13 nitrogen and oxygen atoms in total. The van der Waals surface area contributed by atoms with Crippen molar-refractivity contribution in [2.75, 3.05) is 23.4 Å². The van der Waals surface area contributed by atoms with Gasteiger partial charge in [0.2, 0.25) is 5.91 Å². The van der Waals surface area contributed by atoms with E-state index in [0.29, 0.717) is 12.2 Å². The lowest BCUT2D eigenvalue weighted by Gasteiger charge is -2.37. The number of hydrogen-bond donors (Lipinski definition) is 7. The Morgan fingerprint density at radius 1 is 0.959 bits per heavy atom. The molecule has 2 aliphatic heterocycles. The first-order chi connectivity index (χ1) is 23.4. The highest BCUT2D eigenvalue weighted by molar-refractivity contribution is 6.08. The summed E-state index contributed by atoms with van der Waals surface area (Å²) in [5, 5.41) is 64.2. The van der Waals surface area contributed by atoms with Gasteiger partial charge in [0, 0.05) is 36.7 Å². The molecule has 3 aromatic rings. The maximum atomic E-state index is 14.1. The summed E-state index contributed by atoms with van der Waals surface area (Å²) < 4.78 is 5.03. The Labute approximate surface area is 283 Å². The topological polar surface area (TPSA) is 200 Å². The summed E-state index contributed by atoms with van der Waals surface area (Å²) in [6.45, 7) is 2.01. The molecule has 3 aromatic carbocycles. The quantitative estimate of drug-likeness (QED) is 0.135. The summed E-state index contributed by atoms with van der Waals surface area (Å²) >= 11 is 0. The molecule has 2 aliphatic rings. The normalized spacial score (nSPS) is 25.7. The third-order valence-electron chi connectivity index (χ3n) is 8.88. The number of aliphatic hydroxyl groups is 6. The molecule has 0 aromatic heterocycles. The van der Waals surface area contributed by atoms with Crippen LogP contribution in [-0.2, 0) is 37.8 Å². The van der Waals surface area contributed by atoms with E-state index in [2.05, 4.69) is 5.32 Å². The second kappa shape index (κ2) is 15.4. The van der Waals surface area contributed by atoms with Crippen molar-refractivity contribution >= 4 is 29.1 Å². The molecule has 0 saturated carbocycles. The standard InChI is InChI=1S/C36H41N3O10/c1-22(9-8-14-28(41)38(17-18-40)20-23-10-4-2-5-11-23)36(48)26-19-25(37-33(45)32-30(43)29(42)31(44)34(46)49-32)15-16-27(26)39(35(36)47)21-24-12-6-3-7-13-24/h2-13,15-16,19,22,29-32,34,40,42-44,46,48H,14,17-18,20-21H2,1H3,(H,37,45)/b9-8+/t22-,29+,30+,31-,32+,34-,36+/m1/s1. The average molecular weight is 676 g/mol. The second-order valence-corrected chi connectivity index (χ2v) is 12.2. The molecule has 5 rings (SSSR count). The van der Waals surface area contributed by atoms with Crippen LogP contribution in [0.1, 0.15) is 30.0 Å². The molecule has 49 heavy (non-hydrogen) atoms. The highest BCUT2D eigenvalue weighted by Gasteiger charge is 2.53. The van der Waals surface area contributed by atoms with Crippen LogP contribution in [0.15, 0.2) is 91.0 Å². The van der Waals surface area contributed by atoms with Crippen molar-refractivity contribution in [1.82, 2.24) is 4.90 Å². The fourth-order valence-corrected chi connectivity index (χ4v) is 6.10.